The maximum atomic E-state index is 13.3. The molecule has 0 saturated heterocycles. The van der Waals surface area contributed by atoms with Gasteiger partial charge in [-0.1, -0.05) is 6.92 Å². The van der Waals surface area contributed by atoms with E-state index in [9.17, 15) is 8.78 Å². The van der Waals surface area contributed by atoms with E-state index in [2.05, 4.69) is 4.98 Å². The molecule has 1 aromatic heterocycles. The van der Waals surface area contributed by atoms with E-state index in [0.29, 0.717) is 17.3 Å². The van der Waals surface area contributed by atoms with E-state index in [1.807, 2.05) is 6.92 Å². The number of fused-ring (bicyclic) bond motifs is 1. The molecule has 1 aromatic carbocycles. The molecule has 13 heavy (non-hydrogen) atoms. The lowest BCUT2D eigenvalue weighted by Gasteiger charge is -1.97. The van der Waals surface area contributed by atoms with Gasteiger partial charge in [0.2, 0.25) is 0 Å². The van der Waals surface area contributed by atoms with Gasteiger partial charge < -0.3 is 4.98 Å². The second kappa shape index (κ2) is 2.83. The van der Waals surface area contributed by atoms with E-state index in [1.54, 1.807) is 12.3 Å². The molecule has 0 atom stereocenters. The summed E-state index contributed by atoms with van der Waals surface area (Å²) >= 11 is 0. The summed E-state index contributed by atoms with van der Waals surface area (Å²) in [6, 6.07) is 2.68. The Kier molecular flexibility index (Phi) is 1.79. The molecule has 1 nitrogen and oxygen atoms in total. The molecule has 3 heteroatoms. The molecule has 0 fully saturated rings. The van der Waals surface area contributed by atoms with Crippen LogP contribution in [0.3, 0.4) is 0 Å². The van der Waals surface area contributed by atoms with Crippen molar-refractivity contribution >= 4 is 10.9 Å². The Morgan fingerprint density at radius 2 is 2.08 bits per heavy atom. The summed E-state index contributed by atoms with van der Waals surface area (Å²) in [5.41, 5.74) is 1.46. The van der Waals surface area contributed by atoms with Gasteiger partial charge in [-0.15, -0.1) is 0 Å². The molecule has 0 amide bonds. The van der Waals surface area contributed by atoms with Crippen molar-refractivity contribution in [1.82, 2.24) is 4.98 Å². The van der Waals surface area contributed by atoms with E-state index in [0.717, 1.165) is 11.6 Å². The average Bonchev–Trinajstić information content (AvgIpc) is 2.55. The number of hydrogen-bond donors (Lipinski definition) is 1. The number of hydrogen-bond acceptors (Lipinski definition) is 0. The Morgan fingerprint density at radius 1 is 1.31 bits per heavy atom. The van der Waals surface area contributed by atoms with Crippen LogP contribution in [0, 0.1) is 11.6 Å². The molecular weight excluding hydrogens is 172 g/mol. The number of H-pyrrole nitrogens is 1. The van der Waals surface area contributed by atoms with Crippen LogP contribution in [-0.2, 0) is 6.42 Å². The predicted octanol–water partition coefficient (Wildman–Crippen LogP) is 3.01. The number of benzene rings is 1. The van der Waals surface area contributed by atoms with Crippen molar-refractivity contribution in [3.63, 3.8) is 0 Å². The Hall–Kier alpha value is -1.38. The fourth-order valence-corrected chi connectivity index (χ4v) is 1.50. The van der Waals surface area contributed by atoms with Crippen molar-refractivity contribution in [2.75, 3.05) is 0 Å². The van der Waals surface area contributed by atoms with Gasteiger partial charge in [-0.05, 0) is 24.1 Å². The average molecular weight is 181 g/mol. The highest BCUT2D eigenvalue weighted by Gasteiger charge is 2.11. The van der Waals surface area contributed by atoms with Crippen LogP contribution in [0.25, 0.3) is 10.9 Å². The van der Waals surface area contributed by atoms with Crippen molar-refractivity contribution < 1.29 is 8.78 Å². The van der Waals surface area contributed by atoms with Crippen LogP contribution in [0.4, 0.5) is 8.78 Å². The van der Waals surface area contributed by atoms with Gasteiger partial charge in [0, 0.05) is 17.1 Å². The summed E-state index contributed by atoms with van der Waals surface area (Å²) in [7, 11) is 0. The van der Waals surface area contributed by atoms with Gasteiger partial charge in [0.25, 0.3) is 0 Å². The lowest BCUT2D eigenvalue weighted by molar-refractivity contribution is 0.516. The first-order valence-corrected chi connectivity index (χ1v) is 4.18. The summed E-state index contributed by atoms with van der Waals surface area (Å²) in [6.45, 7) is 1.91. The molecule has 0 aliphatic carbocycles. The zero-order valence-electron chi connectivity index (χ0n) is 7.20. The quantitative estimate of drug-likeness (QED) is 0.696. The zero-order valence-corrected chi connectivity index (χ0v) is 7.20. The van der Waals surface area contributed by atoms with Crippen molar-refractivity contribution in [2.45, 2.75) is 13.3 Å². The summed E-state index contributed by atoms with van der Waals surface area (Å²) < 4.78 is 26.1. The standard InChI is InChI=1S/C10H9F2N/c1-2-6-5-13-8-4-3-7(11)10(12)9(6)8/h3-5,13H,2H2,1H3. The van der Waals surface area contributed by atoms with Crippen LogP contribution in [0.5, 0.6) is 0 Å². The molecule has 0 unspecified atom stereocenters. The second-order valence-electron chi connectivity index (χ2n) is 2.95. The van der Waals surface area contributed by atoms with Crippen molar-refractivity contribution in [2.24, 2.45) is 0 Å². The lowest BCUT2D eigenvalue weighted by atomic mass is 10.1. The molecule has 1 heterocycles. The molecular formula is C10H9F2N. The summed E-state index contributed by atoms with van der Waals surface area (Å²) in [5.74, 6) is -1.54. The van der Waals surface area contributed by atoms with Gasteiger partial charge in [0.05, 0.1) is 0 Å². The molecule has 0 spiro atoms. The summed E-state index contributed by atoms with van der Waals surface area (Å²) in [6.07, 6.45) is 2.41. The molecule has 68 valence electrons. The van der Waals surface area contributed by atoms with Crippen LogP contribution >= 0.6 is 0 Å². The van der Waals surface area contributed by atoms with Gasteiger partial charge >= 0.3 is 0 Å². The van der Waals surface area contributed by atoms with Crippen molar-refractivity contribution in [1.29, 1.82) is 0 Å². The molecule has 0 bridgehead atoms. The monoisotopic (exact) mass is 181 g/mol. The highest BCUT2D eigenvalue weighted by atomic mass is 19.2. The van der Waals surface area contributed by atoms with Crippen molar-refractivity contribution in [3.05, 3.63) is 35.5 Å². The summed E-state index contributed by atoms with van der Waals surface area (Å²) in [4.78, 5) is 2.90. The molecule has 2 rings (SSSR count). The van der Waals surface area contributed by atoms with Gasteiger partial charge in [-0.3, -0.25) is 0 Å². The molecule has 0 radical (unpaired) electrons. The van der Waals surface area contributed by atoms with Gasteiger partial charge in [0.15, 0.2) is 11.6 Å². The first-order chi connectivity index (χ1) is 6.24. The van der Waals surface area contributed by atoms with E-state index >= 15 is 0 Å². The third kappa shape index (κ3) is 1.11. The SMILES string of the molecule is CCc1c[nH]c2ccc(F)c(F)c12. The fraction of sp³-hybridized carbons (Fsp3) is 0.200. The largest absolute Gasteiger partial charge is 0.361 e. The zero-order chi connectivity index (χ0) is 9.42. The topological polar surface area (TPSA) is 15.8 Å². The summed E-state index contributed by atoms with van der Waals surface area (Å²) in [5, 5.41) is 0.377. The Labute approximate surface area is 74.4 Å². The molecule has 0 saturated carbocycles. The molecule has 1 N–H and O–H groups in total. The number of halogens is 2. The van der Waals surface area contributed by atoms with E-state index < -0.39 is 11.6 Å². The minimum atomic E-state index is -0.790. The van der Waals surface area contributed by atoms with Crippen LogP contribution < -0.4 is 0 Å². The fourth-order valence-electron chi connectivity index (χ4n) is 1.50. The van der Waals surface area contributed by atoms with Crippen LogP contribution in [0.1, 0.15) is 12.5 Å². The molecule has 2 aromatic rings. The van der Waals surface area contributed by atoms with E-state index in [4.69, 9.17) is 0 Å². The number of aromatic nitrogens is 1. The normalized spacial score (nSPS) is 11.0. The molecule has 0 aliphatic rings. The Bertz CT molecular complexity index is 445. The third-order valence-corrected chi connectivity index (χ3v) is 2.20. The number of aryl methyl sites for hydroxylation is 1. The van der Waals surface area contributed by atoms with Gasteiger partial charge in [-0.25, -0.2) is 8.78 Å². The lowest BCUT2D eigenvalue weighted by Crippen LogP contribution is -1.86. The molecule has 0 aliphatic heterocycles. The minimum Gasteiger partial charge on any atom is -0.361 e. The maximum Gasteiger partial charge on any atom is 0.168 e. The predicted molar refractivity (Wildman–Crippen MR) is 47.6 cm³/mol. The second-order valence-corrected chi connectivity index (χ2v) is 2.95. The number of rotatable bonds is 1. The van der Waals surface area contributed by atoms with Gasteiger partial charge in [0.1, 0.15) is 0 Å². The Balaban J connectivity index is 2.85. The maximum absolute atomic E-state index is 13.3. The van der Waals surface area contributed by atoms with Gasteiger partial charge in [-0.2, -0.15) is 0 Å². The van der Waals surface area contributed by atoms with Crippen LogP contribution in [-0.4, -0.2) is 4.98 Å². The smallest absolute Gasteiger partial charge is 0.168 e. The van der Waals surface area contributed by atoms with Crippen LogP contribution in [0.15, 0.2) is 18.3 Å². The van der Waals surface area contributed by atoms with E-state index in [1.165, 1.54) is 0 Å². The Morgan fingerprint density at radius 3 is 2.77 bits per heavy atom. The van der Waals surface area contributed by atoms with E-state index in [-0.39, 0.29) is 0 Å². The first kappa shape index (κ1) is 8.23. The highest BCUT2D eigenvalue weighted by Crippen LogP contribution is 2.23. The highest BCUT2D eigenvalue weighted by molar-refractivity contribution is 5.83. The minimum absolute atomic E-state index is 0.377. The van der Waals surface area contributed by atoms with Crippen LogP contribution in [0.2, 0.25) is 0 Å². The first-order valence-electron chi connectivity index (χ1n) is 4.18. The number of nitrogens with one attached hydrogen (secondary N) is 1. The third-order valence-electron chi connectivity index (χ3n) is 2.20. The number of aromatic amines is 1. The van der Waals surface area contributed by atoms with Crippen molar-refractivity contribution in [3.8, 4) is 0 Å².